The Kier molecular flexibility index (Phi) is 5.81. The Morgan fingerprint density at radius 2 is 2.00 bits per heavy atom. The fraction of sp³-hybridized carbons (Fsp3) is 0.700. The molecule has 0 amide bonds. The maximum absolute atomic E-state index is 4.37. The Balaban J connectivity index is 3.75. The molecular weight excluding hydrogens is 134 g/mol. The third kappa shape index (κ3) is 4.77. The summed E-state index contributed by atoms with van der Waals surface area (Å²) in [5, 5.41) is 0. The van der Waals surface area contributed by atoms with Crippen LogP contribution in [0.3, 0.4) is 0 Å². The molecule has 2 atom stereocenters. The fourth-order valence-corrected chi connectivity index (χ4v) is 0.760. The van der Waals surface area contributed by atoms with Gasteiger partial charge >= 0.3 is 0 Å². The topological polar surface area (TPSA) is 12.4 Å². The lowest BCUT2D eigenvalue weighted by atomic mass is 10.0. The standard InChI is InChI=1S/C10H19N/c1-5-7-8-11-10(4)9(3)6-2/h5,7-10H,6H2,1-4H3/b7-5-,11-8-. The predicted molar refractivity (Wildman–Crippen MR) is 52.2 cm³/mol. The van der Waals surface area contributed by atoms with Crippen LogP contribution in [-0.2, 0) is 0 Å². The van der Waals surface area contributed by atoms with Gasteiger partial charge < -0.3 is 0 Å². The monoisotopic (exact) mass is 153 g/mol. The summed E-state index contributed by atoms with van der Waals surface area (Å²) in [4.78, 5) is 4.37. The Morgan fingerprint density at radius 3 is 2.45 bits per heavy atom. The number of allylic oxidation sites excluding steroid dienone is 2. The van der Waals surface area contributed by atoms with Gasteiger partial charge in [-0.2, -0.15) is 0 Å². The van der Waals surface area contributed by atoms with E-state index in [1.807, 2.05) is 25.3 Å². The van der Waals surface area contributed by atoms with Gasteiger partial charge in [-0.1, -0.05) is 26.3 Å². The number of rotatable bonds is 4. The molecule has 0 aromatic rings. The van der Waals surface area contributed by atoms with E-state index in [0.717, 1.165) is 0 Å². The molecule has 0 aliphatic rings. The molecular formula is C10H19N. The third-order valence-electron chi connectivity index (χ3n) is 2.07. The average Bonchev–Trinajstić information content (AvgIpc) is 2.03. The third-order valence-corrected chi connectivity index (χ3v) is 2.07. The lowest BCUT2D eigenvalue weighted by Crippen LogP contribution is -2.09. The normalized spacial score (nSPS) is 17.8. The van der Waals surface area contributed by atoms with E-state index in [4.69, 9.17) is 0 Å². The first-order valence-electron chi connectivity index (χ1n) is 4.36. The van der Waals surface area contributed by atoms with Crippen LogP contribution in [-0.4, -0.2) is 12.3 Å². The fourth-order valence-electron chi connectivity index (χ4n) is 0.760. The molecule has 1 heteroatoms. The maximum atomic E-state index is 4.37. The highest BCUT2D eigenvalue weighted by molar-refractivity contribution is 5.70. The predicted octanol–water partition coefficient (Wildman–Crippen LogP) is 3.07. The van der Waals surface area contributed by atoms with Gasteiger partial charge in [-0.3, -0.25) is 4.99 Å². The van der Waals surface area contributed by atoms with E-state index in [2.05, 4.69) is 25.8 Å². The SMILES string of the molecule is C/C=C\C=N/C(C)C(C)CC. The van der Waals surface area contributed by atoms with Crippen molar-refractivity contribution in [2.24, 2.45) is 10.9 Å². The molecule has 0 saturated carbocycles. The van der Waals surface area contributed by atoms with Gasteiger partial charge in [0.25, 0.3) is 0 Å². The van der Waals surface area contributed by atoms with Gasteiger partial charge in [-0.05, 0) is 25.8 Å². The molecule has 64 valence electrons. The Hall–Kier alpha value is -0.590. The zero-order valence-corrected chi connectivity index (χ0v) is 8.04. The molecule has 11 heavy (non-hydrogen) atoms. The van der Waals surface area contributed by atoms with Gasteiger partial charge in [-0.25, -0.2) is 0 Å². The molecule has 1 nitrogen and oxygen atoms in total. The Bertz CT molecular complexity index is 136. The first kappa shape index (κ1) is 10.4. The largest absolute Gasteiger partial charge is 0.290 e. The summed E-state index contributed by atoms with van der Waals surface area (Å²) in [7, 11) is 0. The van der Waals surface area contributed by atoms with E-state index in [9.17, 15) is 0 Å². The van der Waals surface area contributed by atoms with Gasteiger partial charge in [0, 0.05) is 12.3 Å². The van der Waals surface area contributed by atoms with Crippen LogP contribution in [0.1, 0.15) is 34.1 Å². The van der Waals surface area contributed by atoms with Crippen molar-refractivity contribution in [2.45, 2.75) is 40.2 Å². The van der Waals surface area contributed by atoms with Gasteiger partial charge in [0.1, 0.15) is 0 Å². The molecule has 0 fully saturated rings. The van der Waals surface area contributed by atoms with Crippen molar-refractivity contribution in [3.05, 3.63) is 12.2 Å². The molecule has 0 spiro atoms. The number of nitrogens with zero attached hydrogens (tertiary/aromatic N) is 1. The molecule has 2 unspecified atom stereocenters. The highest BCUT2D eigenvalue weighted by Gasteiger charge is 2.05. The summed E-state index contributed by atoms with van der Waals surface area (Å²) in [6, 6.07) is 0.455. The van der Waals surface area contributed by atoms with Crippen molar-refractivity contribution in [3.8, 4) is 0 Å². The molecule has 0 bridgehead atoms. The lowest BCUT2D eigenvalue weighted by Gasteiger charge is -2.12. The summed E-state index contributed by atoms with van der Waals surface area (Å²) in [6.07, 6.45) is 7.05. The molecule has 0 N–H and O–H groups in total. The lowest BCUT2D eigenvalue weighted by molar-refractivity contribution is 0.473. The summed E-state index contributed by atoms with van der Waals surface area (Å²) in [6.45, 7) is 8.60. The van der Waals surface area contributed by atoms with Crippen LogP contribution >= 0.6 is 0 Å². The summed E-state index contributed by atoms with van der Waals surface area (Å²) in [5.41, 5.74) is 0. The van der Waals surface area contributed by atoms with Gasteiger partial charge in [0.05, 0.1) is 0 Å². The van der Waals surface area contributed by atoms with Crippen LogP contribution in [0.5, 0.6) is 0 Å². The molecule has 0 radical (unpaired) electrons. The second kappa shape index (κ2) is 6.14. The van der Waals surface area contributed by atoms with Crippen LogP contribution in [0.4, 0.5) is 0 Å². The first-order valence-corrected chi connectivity index (χ1v) is 4.36. The Labute approximate surface area is 70.2 Å². The van der Waals surface area contributed by atoms with Crippen molar-refractivity contribution < 1.29 is 0 Å². The van der Waals surface area contributed by atoms with Crippen LogP contribution in [0, 0.1) is 5.92 Å². The molecule has 0 aliphatic heterocycles. The van der Waals surface area contributed by atoms with E-state index in [1.54, 1.807) is 0 Å². The second-order valence-electron chi connectivity index (χ2n) is 2.95. The summed E-state index contributed by atoms with van der Waals surface area (Å²) < 4.78 is 0. The minimum Gasteiger partial charge on any atom is -0.290 e. The van der Waals surface area contributed by atoms with Crippen molar-refractivity contribution in [3.63, 3.8) is 0 Å². The van der Waals surface area contributed by atoms with Crippen molar-refractivity contribution in [1.29, 1.82) is 0 Å². The van der Waals surface area contributed by atoms with Gasteiger partial charge in [-0.15, -0.1) is 0 Å². The number of aliphatic imine (C=N–C) groups is 1. The molecule has 0 saturated heterocycles. The second-order valence-corrected chi connectivity index (χ2v) is 2.95. The average molecular weight is 153 g/mol. The highest BCUT2D eigenvalue weighted by Crippen LogP contribution is 2.09. The van der Waals surface area contributed by atoms with Crippen molar-refractivity contribution in [1.82, 2.24) is 0 Å². The van der Waals surface area contributed by atoms with Crippen LogP contribution in [0.2, 0.25) is 0 Å². The number of hydrogen-bond donors (Lipinski definition) is 0. The number of hydrogen-bond acceptors (Lipinski definition) is 1. The van der Waals surface area contributed by atoms with E-state index < -0.39 is 0 Å². The van der Waals surface area contributed by atoms with Crippen LogP contribution < -0.4 is 0 Å². The summed E-state index contributed by atoms with van der Waals surface area (Å²) >= 11 is 0. The van der Waals surface area contributed by atoms with Crippen LogP contribution in [0.25, 0.3) is 0 Å². The maximum Gasteiger partial charge on any atom is 0.0496 e. The molecule has 0 aromatic carbocycles. The van der Waals surface area contributed by atoms with Gasteiger partial charge in [0.2, 0.25) is 0 Å². The first-order chi connectivity index (χ1) is 5.22. The minimum absolute atomic E-state index is 0.455. The smallest absolute Gasteiger partial charge is 0.0496 e. The molecule has 0 aliphatic carbocycles. The van der Waals surface area contributed by atoms with Gasteiger partial charge in [0.15, 0.2) is 0 Å². The molecule has 0 heterocycles. The van der Waals surface area contributed by atoms with E-state index >= 15 is 0 Å². The van der Waals surface area contributed by atoms with E-state index in [1.165, 1.54) is 6.42 Å². The molecule has 0 rings (SSSR count). The quantitative estimate of drug-likeness (QED) is 0.550. The minimum atomic E-state index is 0.455. The van der Waals surface area contributed by atoms with Crippen LogP contribution in [0.15, 0.2) is 17.1 Å². The highest BCUT2D eigenvalue weighted by atomic mass is 14.8. The summed E-state index contributed by atoms with van der Waals surface area (Å²) in [5.74, 6) is 0.691. The zero-order chi connectivity index (χ0) is 8.69. The van der Waals surface area contributed by atoms with Crippen molar-refractivity contribution >= 4 is 6.21 Å². The van der Waals surface area contributed by atoms with Crippen molar-refractivity contribution in [2.75, 3.05) is 0 Å². The Morgan fingerprint density at radius 1 is 1.36 bits per heavy atom. The van der Waals surface area contributed by atoms with E-state index in [-0.39, 0.29) is 0 Å². The molecule has 0 aromatic heterocycles. The zero-order valence-electron chi connectivity index (χ0n) is 8.04. The van der Waals surface area contributed by atoms with E-state index in [0.29, 0.717) is 12.0 Å².